The third kappa shape index (κ3) is 2.97. The molecule has 0 amide bonds. The average Bonchev–Trinajstić information content (AvgIpc) is 2.42. The van der Waals surface area contributed by atoms with Gasteiger partial charge < -0.3 is 9.30 Å². The summed E-state index contributed by atoms with van der Waals surface area (Å²) in [6, 6.07) is 0. The molecule has 74 valence electrons. The van der Waals surface area contributed by atoms with Gasteiger partial charge in [0.1, 0.15) is 5.82 Å². The molecule has 0 saturated heterocycles. The summed E-state index contributed by atoms with van der Waals surface area (Å²) in [7, 11) is 1.71. The largest absolute Gasteiger partial charge is 0.385 e. The van der Waals surface area contributed by atoms with Gasteiger partial charge in [0.25, 0.3) is 0 Å². The Kier molecular flexibility index (Phi) is 4.18. The lowest BCUT2D eigenvalue weighted by Gasteiger charge is -2.04. The second kappa shape index (κ2) is 5.19. The average molecular weight is 204 g/mol. The van der Waals surface area contributed by atoms with Crippen LogP contribution in [-0.2, 0) is 11.3 Å². The molecule has 1 rings (SSSR count). The lowest BCUT2D eigenvalue weighted by Crippen LogP contribution is -2.02. The van der Waals surface area contributed by atoms with Crippen molar-refractivity contribution >= 4 is 11.6 Å². The van der Waals surface area contributed by atoms with Crippen LogP contribution in [0.15, 0.2) is 0 Å². The summed E-state index contributed by atoms with van der Waals surface area (Å²) in [6.07, 6.45) is 2.07. The van der Waals surface area contributed by atoms with Crippen LogP contribution >= 0.6 is 11.6 Å². The summed E-state index contributed by atoms with van der Waals surface area (Å²) in [5.41, 5.74) is 0. The molecule has 4 nitrogen and oxygen atoms in total. The van der Waals surface area contributed by atoms with Crippen LogP contribution in [0.25, 0.3) is 0 Å². The molecule has 0 spiro atoms. The van der Waals surface area contributed by atoms with Gasteiger partial charge in [-0.25, -0.2) is 0 Å². The molecule has 13 heavy (non-hydrogen) atoms. The summed E-state index contributed by atoms with van der Waals surface area (Å²) in [5.74, 6) is 0.863. The molecule has 0 fully saturated rings. The smallest absolute Gasteiger partial charge is 0.225 e. The monoisotopic (exact) mass is 203 g/mol. The van der Waals surface area contributed by atoms with Gasteiger partial charge in [-0.15, -0.1) is 10.2 Å². The van der Waals surface area contributed by atoms with Gasteiger partial charge in [-0.2, -0.15) is 0 Å². The van der Waals surface area contributed by atoms with E-state index in [0.29, 0.717) is 5.28 Å². The minimum Gasteiger partial charge on any atom is -0.385 e. The second-order valence-electron chi connectivity index (χ2n) is 2.87. The Balaban J connectivity index is 2.36. The van der Waals surface area contributed by atoms with Crippen molar-refractivity contribution in [1.82, 2.24) is 14.8 Å². The lowest BCUT2D eigenvalue weighted by molar-refractivity contribution is 0.191. The van der Waals surface area contributed by atoms with Crippen LogP contribution in [0.5, 0.6) is 0 Å². The van der Waals surface area contributed by atoms with Gasteiger partial charge in [0, 0.05) is 20.3 Å². The maximum absolute atomic E-state index is 5.82. The third-order valence-corrected chi connectivity index (χ3v) is 2.15. The number of hydrogen-bond acceptors (Lipinski definition) is 3. The summed E-state index contributed by atoms with van der Waals surface area (Å²) in [6.45, 7) is 3.55. The zero-order valence-corrected chi connectivity index (χ0v) is 8.71. The van der Waals surface area contributed by atoms with Crippen LogP contribution in [0.4, 0.5) is 0 Å². The fraction of sp³-hybridized carbons (Fsp3) is 0.750. The van der Waals surface area contributed by atoms with E-state index >= 15 is 0 Å². The highest BCUT2D eigenvalue weighted by molar-refractivity contribution is 6.28. The number of unbranched alkanes of at least 4 members (excludes halogenated alkanes) is 1. The van der Waals surface area contributed by atoms with Crippen molar-refractivity contribution in [3.05, 3.63) is 11.1 Å². The number of halogens is 1. The van der Waals surface area contributed by atoms with Crippen molar-refractivity contribution in [2.24, 2.45) is 0 Å². The van der Waals surface area contributed by atoms with E-state index in [4.69, 9.17) is 16.3 Å². The van der Waals surface area contributed by atoms with E-state index in [-0.39, 0.29) is 0 Å². The Morgan fingerprint density at radius 3 is 2.69 bits per heavy atom. The molecule has 0 radical (unpaired) electrons. The van der Waals surface area contributed by atoms with E-state index in [9.17, 15) is 0 Å². The van der Waals surface area contributed by atoms with Gasteiger partial charge in [-0.3, -0.25) is 0 Å². The molecule has 0 aromatic carbocycles. The van der Waals surface area contributed by atoms with Crippen molar-refractivity contribution < 1.29 is 4.74 Å². The Hall–Kier alpha value is -0.610. The summed E-state index contributed by atoms with van der Waals surface area (Å²) >= 11 is 5.82. The van der Waals surface area contributed by atoms with E-state index in [1.54, 1.807) is 7.11 Å². The fourth-order valence-electron chi connectivity index (χ4n) is 1.13. The normalized spacial score (nSPS) is 10.7. The van der Waals surface area contributed by atoms with E-state index in [2.05, 4.69) is 10.2 Å². The Morgan fingerprint density at radius 2 is 2.15 bits per heavy atom. The highest BCUT2D eigenvalue weighted by Crippen LogP contribution is 2.08. The minimum absolute atomic E-state index is 0.468. The number of nitrogens with zero attached hydrogens (tertiary/aromatic N) is 3. The van der Waals surface area contributed by atoms with E-state index in [1.807, 2.05) is 11.5 Å². The van der Waals surface area contributed by atoms with Crippen molar-refractivity contribution in [2.75, 3.05) is 13.7 Å². The molecule has 0 aliphatic heterocycles. The van der Waals surface area contributed by atoms with Crippen molar-refractivity contribution in [2.45, 2.75) is 26.3 Å². The molecule has 0 atom stereocenters. The van der Waals surface area contributed by atoms with Crippen LogP contribution in [0.3, 0.4) is 0 Å². The Labute approximate surface area is 82.9 Å². The van der Waals surface area contributed by atoms with Crippen LogP contribution < -0.4 is 0 Å². The number of aryl methyl sites for hydroxylation is 1. The summed E-state index contributed by atoms with van der Waals surface area (Å²) in [5, 5.41) is 8.09. The first-order chi connectivity index (χ1) is 6.25. The van der Waals surface area contributed by atoms with E-state index < -0.39 is 0 Å². The number of aromatic nitrogens is 3. The maximum atomic E-state index is 5.82. The molecule has 0 unspecified atom stereocenters. The number of methoxy groups -OCH3 is 1. The zero-order valence-electron chi connectivity index (χ0n) is 7.96. The predicted molar refractivity (Wildman–Crippen MR) is 50.9 cm³/mol. The third-order valence-electron chi connectivity index (χ3n) is 1.87. The standard InChI is InChI=1S/C8H14ClN3O/c1-7-10-11-8(9)12(7)5-3-4-6-13-2/h3-6H2,1-2H3. The van der Waals surface area contributed by atoms with Crippen LogP contribution in [0, 0.1) is 6.92 Å². The summed E-state index contributed by atoms with van der Waals surface area (Å²) in [4.78, 5) is 0. The SMILES string of the molecule is COCCCCn1c(C)nnc1Cl. The first-order valence-electron chi connectivity index (χ1n) is 4.30. The second-order valence-corrected chi connectivity index (χ2v) is 3.21. The molecule has 1 aromatic rings. The molecule has 1 heterocycles. The highest BCUT2D eigenvalue weighted by atomic mass is 35.5. The predicted octanol–water partition coefficient (Wildman–Crippen LogP) is 1.67. The van der Waals surface area contributed by atoms with Crippen LogP contribution in [-0.4, -0.2) is 28.5 Å². The molecular weight excluding hydrogens is 190 g/mol. The van der Waals surface area contributed by atoms with Crippen molar-refractivity contribution in [1.29, 1.82) is 0 Å². The number of hydrogen-bond donors (Lipinski definition) is 0. The van der Waals surface area contributed by atoms with E-state index in [1.165, 1.54) is 0 Å². The quantitative estimate of drug-likeness (QED) is 0.684. The van der Waals surface area contributed by atoms with Gasteiger partial charge in [0.05, 0.1) is 0 Å². The molecule has 0 saturated carbocycles. The fourth-order valence-corrected chi connectivity index (χ4v) is 1.37. The van der Waals surface area contributed by atoms with Crippen molar-refractivity contribution in [3.8, 4) is 0 Å². The minimum atomic E-state index is 0.468. The summed E-state index contributed by atoms with van der Waals surface area (Å²) < 4.78 is 6.85. The molecule has 0 aliphatic carbocycles. The van der Waals surface area contributed by atoms with Gasteiger partial charge in [-0.05, 0) is 31.4 Å². The molecule has 5 heteroatoms. The molecule has 0 bridgehead atoms. The zero-order chi connectivity index (χ0) is 9.68. The molecular formula is C8H14ClN3O. The van der Waals surface area contributed by atoms with Crippen molar-refractivity contribution in [3.63, 3.8) is 0 Å². The molecule has 0 aliphatic rings. The molecule has 0 N–H and O–H groups in total. The number of rotatable bonds is 5. The topological polar surface area (TPSA) is 39.9 Å². The lowest BCUT2D eigenvalue weighted by atomic mass is 10.3. The first kappa shape index (κ1) is 10.5. The Morgan fingerprint density at radius 1 is 1.38 bits per heavy atom. The van der Waals surface area contributed by atoms with Gasteiger partial charge in [0.2, 0.25) is 5.28 Å². The number of ether oxygens (including phenoxy) is 1. The first-order valence-corrected chi connectivity index (χ1v) is 4.67. The van der Waals surface area contributed by atoms with Crippen LogP contribution in [0.2, 0.25) is 5.28 Å². The molecule has 1 aromatic heterocycles. The highest BCUT2D eigenvalue weighted by Gasteiger charge is 2.04. The van der Waals surface area contributed by atoms with E-state index in [0.717, 1.165) is 31.8 Å². The Bertz CT molecular complexity index is 242. The maximum Gasteiger partial charge on any atom is 0.225 e. The van der Waals surface area contributed by atoms with Gasteiger partial charge >= 0.3 is 0 Å². The van der Waals surface area contributed by atoms with Gasteiger partial charge in [0.15, 0.2) is 0 Å². The van der Waals surface area contributed by atoms with Gasteiger partial charge in [-0.1, -0.05) is 0 Å². The van der Waals surface area contributed by atoms with Crippen LogP contribution in [0.1, 0.15) is 18.7 Å².